The monoisotopic (exact) mass is 394 g/mol. The van der Waals surface area contributed by atoms with Crippen LogP contribution in [0.5, 0.6) is 0 Å². The summed E-state index contributed by atoms with van der Waals surface area (Å²) in [6.45, 7) is 1.95. The number of halogens is 1. The van der Waals surface area contributed by atoms with Crippen LogP contribution in [0, 0.1) is 5.82 Å². The maximum absolute atomic E-state index is 14.4. The molecule has 3 heterocycles. The highest BCUT2D eigenvalue weighted by atomic mass is 19.1. The van der Waals surface area contributed by atoms with Gasteiger partial charge in [0.1, 0.15) is 23.4 Å². The lowest BCUT2D eigenvalue weighted by molar-refractivity contribution is 0.0613. The third-order valence-electron chi connectivity index (χ3n) is 5.87. The first-order chi connectivity index (χ1) is 14.1. The molecule has 0 radical (unpaired) electrons. The third-order valence-corrected chi connectivity index (χ3v) is 5.87. The molecule has 1 N–H and O–H groups in total. The van der Waals surface area contributed by atoms with Crippen molar-refractivity contribution >= 4 is 5.91 Å². The van der Waals surface area contributed by atoms with Crippen molar-refractivity contribution in [2.24, 2.45) is 7.05 Å². The zero-order chi connectivity index (χ0) is 20.0. The number of carbonyl (C=O) groups excluding carboxylic acids is 1. The van der Waals surface area contributed by atoms with Crippen LogP contribution in [0.15, 0.2) is 36.7 Å². The number of hydrogen-bond acceptors (Lipinski definition) is 4. The lowest BCUT2D eigenvalue weighted by Gasteiger charge is -2.35. The van der Waals surface area contributed by atoms with E-state index in [4.69, 9.17) is 0 Å². The molecule has 1 atom stereocenters. The van der Waals surface area contributed by atoms with E-state index in [0.717, 1.165) is 42.9 Å². The molecular formula is C21H23FN6O. The van der Waals surface area contributed by atoms with Gasteiger partial charge in [0.2, 0.25) is 0 Å². The highest BCUT2D eigenvalue weighted by molar-refractivity contribution is 5.94. The summed E-state index contributed by atoms with van der Waals surface area (Å²) in [6.07, 6.45) is 6.18. The summed E-state index contributed by atoms with van der Waals surface area (Å²) in [5.41, 5.74) is 2.74. The van der Waals surface area contributed by atoms with Gasteiger partial charge in [0.05, 0.1) is 0 Å². The Kier molecular flexibility index (Phi) is 4.43. The summed E-state index contributed by atoms with van der Waals surface area (Å²) < 4.78 is 18.0. The number of imidazole rings is 1. The molecule has 150 valence electrons. The Balaban J connectivity index is 1.56. The Labute approximate surface area is 168 Å². The van der Waals surface area contributed by atoms with Crippen LogP contribution in [-0.2, 0) is 19.9 Å². The molecule has 1 saturated heterocycles. The molecule has 2 aliphatic rings. The Hall–Kier alpha value is -3.00. The summed E-state index contributed by atoms with van der Waals surface area (Å²) in [5, 5.41) is 7.97. The fraction of sp³-hybridized carbons (Fsp3) is 0.381. The SMILES string of the molecule is Cn1ccnc1C1CNCCN1C(=O)c1nn(-c2ccccc2F)c2c1CCC2. The van der Waals surface area contributed by atoms with Gasteiger partial charge in [-0.25, -0.2) is 14.1 Å². The molecule has 1 fully saturated rings. The van der Waals surface area contributed by atoms with Gasteiger partial charge in [-0.15, -0.1) is 0 Å². The number of aromatic nitrogens is 4. The average Bonchev–Trinajstić information content (AvgIpc) is 3.45. The summed E-state index contributed by atoms with van der Waals surface area (Å²) in [4.78, 5) is 19.9. The Morgan fingerprint density at radius 1 is 1.28 bits per heavy atom. The van der Waals surface area contributed by atoms with E-state index < -0.39 is 0 Å². The van der Waals surface area contributed by atoms with Crippen LogP contribution in [0.25, 0.3) is 5.69 Å². The van der Waals surface area contributed by atoms with E-state index in [-0.39, 0.29) is 17.8 Å². The second-order valence-corrected chi connectivity index (χ2v) is 7.61. The van der Waals surface area contributed by atoms with E-state index in [1.165, 1.54) is 6.07 Å². The molecule has 7 nitrogen and oxygen atoms in total. The number of rotatable bonds is 3. The molecular weight excluding hydrogens is 371 g/mol. The van der Waals surface area contributed by atoms with Crippen molar-refractivity contribution in [1.82, 2.24) is 29.5 Å². The van der Waals surface area contributed by atoms with Gasteiger partial charge in [0.15, 0.2) is 5.69 Å². The fourth-order valence-corrected chi connectivity index (χ4v) is 4.44. The minimum atomic E-state index is -0.336. The van der Waals surface area contributed by atoms with Gasteiger partial charge in [-0.1, -0.05) is 12.1 Å². The zero-order valence-corrected chi connectivity index (χ0v) is 16.3. The second kappa shape index (κ2) is 7.11. The quantitative estimate of drug-likeness (QED) is 0.738. The molecule has 1 aromatic carbocycles. The number of para-hydroxylation sites is 1. The topological polar surface area (TPSA) is 68.0 Å². The van der Waals surface area contributed by atoms with E-state index in [1.807, 2.05) is 22.7 Å². The van der Waals surface area contributed by atoms with Crippen LogP contribution in [0.4, 0.5) is 4.39 Å². The predicted molar refractivity (Wildman–Crippen MR) is 105 cm³/mol. The minimum Gasteiger partial charge on any atom is -0.336 e. The largest absolute Gasteiger partial charge is 0.336 e. The number of hydrogen-bond donors (Lipinski definition) is 1. The number of amides is 1. The number of fused-ring (bicyclic) bond motifs is 1. The number of aryl methyl sites for hydroxylation is 1. The molecule has 1 unspecified atom stereocenters. The summed E-state index contributed by atoms with van der Waals surface area (Å²) in [7, 11) is 1.93. The first-order valence-electron chi connectivity index (χ1n) is 9.99. The van der Waals surface area contributed by atoms with E-state index >= 15 is 0 Å². The van der Waals surface area contributed by atoms with Crippen molar-refractivity contribution in [3.8, 4) is 5.69 Å². The Morgan fingerprint density at radius 3 is 2.93 bits per heavy atom. The lowest BCUT2D eigenvalue weighted by Crippen LogP contribution is -2.49. The highest BCUT2D eigenvalue weighted by Gasteiger charge is 2.35. The molecule has 1 amide bonds. The van der Waals surface area contributed by atoms with Crippen molar-refractivity contribution in [3.63, 3.8) is 0 Å². The van der Waals surface area contributed by atoms with Crippen LogP contribution in [0.3, 0.4) is 0 Å². The molecule has 0 saturated carbocycles. The Morgan fingerprint density at radius 2 is 2.14 bits per heavy atom. The summed E-state index contributed by atoms with van der Waals surface area (Å²) >= 11 is 0. The van der Waals surface area contributed by atoms with Crippen LogP contribution in [0.1, 0.15) is 40.0 Å². The van der Waals surface area contributed by atoms with E-state index in [9.17, 15) is 9.18 Å². The molecule has 2 aromatic heterocycles. The first-order valence-corrected chi connectivity index (χ1v) is 9.99. The third kappa shape index (κ3) is 2.95. The zero-order valence-electron chi connectivity index (χ0n) is 16.3. The molecule has 8 heteroatoms. The van der Waals surface area contributed by atoms with Gasteiger partial charge in [-0.05, 0) is 31.4 Å². The first kappa shape index (κ1) is 18.1. The predicted octanol–water partition coefficient (Wildman–Crippen LogP) is 2.02. The number of nitrogens with zero attached hydrogens (tertiary/aromatic N) is 5. The van der Waals surface area contributed by atoms with Crippen LogP contribution >= 0.6 is 0 Å². The van der Waals surface area contributed by atoms with Gasteiger partial charge >= 0.3 is 0 Å². The minimum absolute atomic E-state index is 0.104. The molecule has 3 aromatic rings. The molecule has 5 rings (SSSR count). The van der Waals surface area contributed by atoms with Crippen LogP contribution in [0.2, 0.25) is 0 Å². The number of carbonyl (C=O) groups is 1. The number of benzene rings is 1. The Bertz CT molecular complexity index is 1070. The molecule has 29 heavy (non-hydrogen) atoms. The van der Waals surface area contributed by atoms with Crippen LogP contribution in [-0.4, -0.2) is 49.8 Å². The van der Waals surface area contributed by atoms with Crippen molar-refractivity contribution in [1.29, 1.82) is 0 Å². The normalized spacial score (nSPS) is 18.8. The van der Waals surface area contributed by atoms with Gasteiger partial charge in [-0.3, -0.25) is 4.79 Å². The molecule has 0 spiro atoms. The van der Waals surface area contributed by atoms with Gasteiger partial charge < -0.3 is 14.8 Å². The van der Waals surface area contributed by atoms with Gasteiger partial charge in [0.25, 0.3) is 5.91 Å². The standard InChI is InChI=1S/C21H23FN6O/c1-26-11-10-24-20(26)18-13-23-9-12-27(18)21(29)19-14-5-4-8-16(14)28(25-19)17-7-3-2-6-15(17)22/h2-3,6-7,10-11,18,23H,4-5,8-9,12-13H2,1H3. The van der Waals surface area contributed by atoms with Crippen molar-refractivity contribution < 1.29 is 9.18 Å². The lowest BCUT2D eigenvalue weighted by atomic mass is 10.1. The second-order valence-electron chi connectivity index (χ2n) is 7.61. The molecule has 1 aliphatic carbocycles. The van der Waals surface area contributed by atoms with Gasteiger partial charge in [-0.2, -0.15) is 5.10 Å². The maximum atomic E-state index is 14.4. The maximum Gasteiger partial charge on any atom is 0.275 e. The van der Waals surface area contributed by atoms with Crippen molar-refractivity contribution in [3.05, 3.63) is 65.3 Å². The number of nitrogens with one attached hydrogen (secondary N) is 1. The molecule has 0 bridgehead atoms. The van der Waals surface area contributed by atoms with E-state index in [0.29, 0.717) is 24.5 Å². The number of piperazine rings is 1. The summed E-state index contributed by atoms with van der Waals surface area (Å²) in [6, 6.07) is 6.42. The van der Waals surface area contributed by atoms with E-state index in [2.05, 4.69) is 15.4 Å². The van der Waals surface area contributed by atoms with Gasteiger partial charge in [0, 0.05) is 50.3 Å². The van der Waals surface area contributed by atoms with Crippen molar-refractivity contribution in [2.75, 3.05) is 19.6 Å². The smallest absolute Gasteiger partial charge is 0.275 e. The highest BCUT2D eigenvalue weighted by Crippen LogP contribution is 2.31. The van der Waals surface area contributed by atoms with E-state index in [1.54, 1.807) is 29.1 Å². The van der Waals surface area contributed by atoms with Crippen LogP contribution < -0.4 is 5.32 Å². The average molecular weight is 394 g/mol. The summed E-state index contributed by atoms with van der Waals surface area (Å²) in [5.74, 6) is 0.403. The molecule has 1 aliphatic heterocycles. The van der Waals surface area contributed by atoms with Crippen molar-refractivity contribution in [2.45, 2.75) is 25.3 Å². The fourth-order valence-electron chi connectivity index (χ4n) is 4.44.